The van der Waals surface area contributed by atoms with Crippen molar-refractivity contribution < 1.29 is 9.59 Å². The standard InChI is InChI=1S/C11H16N4O2/c1-7(9-3-5-13-6-4-9)14-8(2)10(16)15-11(12)17/h3-8,14H,1-2H3,(H3,12,15,16,17)/t7-,8?/m0/s1. The Morgan fingerprint density at radius 3 is 2.41 bits per heavy atom. The van der Waals surface area contributed by atoms with Crippen molar-refractivity contribution in [2.75, 3.05) is 0 Å². The summed E-state index contributed by atoms with van der Waals surface area (Å²) < 4.78 is 0. The number of nitrogens with zero attached hydrogens (tertiary/aromatic N) is 1. The summed E-state index contributed by atoms with van der Waals surface area (Å²) in [7, 11) is 0. The highest BCUT2D eigenvalue weighted by molar-refractivity contribution is 5.96. The third-order valence-corrected chi connectivity index (χ3v) is 2.35. The fraction of sp³-hybridized carbons (Fsp3) is 0.364. The molecule has 0 aliphatic rings. The molecule has 0 radical (unpaired) electrons. The molecular formula is C11H16N4O2. The first-order valence-electron chi connectivity index (χ1n) is 5.27. The summed E-state index contributed by atoms with van der Waals surface area (Å²) in [4.78, 5) is 25.9. The number of hydrogen-bond donors (Lipinski definition) is 3. The largest absolute Gasteiger partial charge is 0.351 e. The van der Waals surface area contributed by atoms with Crippen LogP contribution in [-0.4, -0.2) is 23.0 Å². The van der Waals surface area contributed by atoms with Gasteiger partial charge in [0.05, 0.1) is 6.04 Å². The van der Waals surface area contributed by atoms with Crippen molar-refractivity contribution in [2.24, 2.45) is 5.73 Å². The summed E-state index contributed by atoms with van der Waals surface area (Å²) in [6.07, 6.45) is 3.36. The third-order valence-electron chi connectivity index (χ3n) is 2.35. The number of hydrogen-bond acceptors (Lipinski definition) is 4. The van der Waals surface area contributed by atoms with E-state index in [9.17, 15) is 9.59 Å². The van der Waals surface area contributed by atoms with Crippen LogP contribution in [0.5, 0.6) is 0 Å². The van der Waals surface area contributed by atoms with Gasteiger partial charge in [0.1, 0.15) is 0 Å². The van der Waals surface area contributed by atoms with E-state index in [0.29, 0.717) is 0 Å². The molecule has 0 fully saturated rings. The van der Waals surface area contributed by atoms with E-state index >= 15 is 0 Å². The first-order valence-corrected chi connectivity index (χ1v) is 5.27. The van der Waals surface area contributed by atoms with Crippen LogP contribution in [0.4, 0.5) is 4.79 Å². The molecule has 4 N–H and O–H groups in total. The average molecular weight is 236 g/mol. The molecule has 1 aromatic heterocycles. The summed E-state index contributed by atoms with van der Waals surface area (Å²) >= 11 is 0. The van der Waals surface area contributed by atoms with Crippen LogP contribution in [0.25, 0.3) is 0 Å². The highest BCUT2D eigenvalue weighted by Gasteiger charge is 2.17. The molecule has 0 saturated carbocycles. The zero-order valence-corrected chi connectivity index (χ0v) is 9.81. The summed E-state index contributed by atoms with van der Waals surface area (Å²) in [5, 5.41) is 5.08. The first kappa shape index (κ1) is 13.1. The van der Waals surface area contributed by atoms with E-state index in [0.717, 1.165) is 5.56 Å². The molecule has 17 heavy (non-hydrogen) atoms. The predicted molar refractivity (Wildman–Crippen MR) is 63.0 cm³/mol. The lowest BCUT2D eigenvalue weighted by atomic mass is 10.1. The first-order chi connectivity index (χ1) is 8.00. The van der Waals surface area contributed by atoms with E-state index in [1.807, 2.05) is 24.4 Å². The van der Waals surface area contributed by atoms with Gasteiger partial charge in [-0.3, -0.25) is 20.4 Å². The Morgan fingerprint density at radius 2 is 1.88 bits per heavy atom. The number of aromatic nitrogens is 1. The molecule has 1 heterocycles. The topological polar surface area (TPSA) is 97.1 Å². The van der Waals surface area contributed by atoms with Crippen molar-refractivity contribution in [1.29, 1.82) is 0 Å². The molecule has 6 nitrogen and oxygen atoms in total. The van der Waals surface area contributed by atoms with Gasteiger partial charge in [-0.15, -0.1) is 0 Å². The molecule has 3 amide bonds. The van der Waals surface area contributed by atoms with Gasteiger partial charge >= 0.3 is 6.03 Å². The van der Waals surface area contributed by atoms with Gasteiger partial charge in [-0.2, -0.15) is 0 Å². The summed E-state index contributed by atoms with van der Waals surface area (Å²) in [6.45, 7) is 3.58. The molecule has 0 aromatic carbocycles. The van der Waals surface area contributed by atoms with Gasteiger partial charge in [0, 0.05) is 18.4 Å². The number of urea groups is 1. The predicted octanol–water partition coefficient (Wildman–Crippen LogP) is 0.316. The van der Waals surface area contributed by atoms with Crippen molar-refractivity contribution in [1.82, 2.24) is 15.6 Å². The molecule has 6 heteroatoms. The van der Waals surface area contributed by atoms with Gasteiger partial charge in [0.2, 0.25) is 5.91 Å². The number of imide groups is 1. The van der Waals surface area contributed by atoms with Crippen LogP contribution in [0.2, 0.25) is 0 Å². The van der Waals surface area contributed by atoms with Gasteiger partial charge in [0.15, 0.2) is 0 Å². The molecular weight excluding hydrogens is 220 g/mol. The highest BCUT2D eigenvalue weighted by Crippen LogP contribution is 2.10. The number of amides is 3. The Balaban J connectivity index is 2.54. The van der Waals surface area contributed by atoms with Gasteiger partial charge in [0.25, 0.3) is 0 Å². The van der Waals surface area contributed by atoms with Crippen LogP contribution < -0.4 is 16.4 Å². The maximum Gasteiger partial charge on any atom is 0.318 e. The average Bonchev–Trinajstić information content (AvgIpc) is 2.29. The fourth-order valence-electron chi connectivity index (χ4n) is 1.43. The number of nitrogens with two attached hydrogens (primary N) is 1. The number of carbonyl (C=O) groups is 2. The summed E-state index contributed by atoms with van der Waals surface area (Å²) in [5.74, 6) is -0.446. The second kappa shape index (κ2) is 5.95. The minimum atomic E-state index is -0.847. The molecule has 0 spiro atoms. The molecule has 0 bridgehead atoms. The van der Waals surface area contributed by atoms with E-state index in [1.54, 1.807) is 19.3 Å². The van der Waals surface area contributed by atoms with Crippen LogP contribution in [-0.2, 0) is 4.79 Å². The third kappa shape index (κ3) is 4.20. The minimum absolute atomic E-state index is 0.0216. The number of nitrogens with one attached hydrogen (secondary N) is 2. The highest BCUT2D eigenvalue weighted by atomic mass is 16.2. The molecule has 92 valence electrons. The fourth-order valence-corrected chi connectivity index (χ4v) is 1.43. The zero-order chi connectivity index (χ0) is 12.8. The number of rotatable bonds is 4. The molecule has 0 saturated heterocycles. The summed E-state index contributed by atoms with van der Waals surface area (Å²) in [6, 6.07) is 2.34. The van der Waals surface area contributed by atoms with Crippen molar-refractivity contribution in [3.8, 4) is 0 Å². The smallest absolute Gasteiger partial charge is 0.318 e. The normalized spacial score (nSPS) is 13.8. The van der Waals surface area contributed by atoms with Gasteiger partial charge in [-0.25, -0.2) is 4.79 Å². The van der Waals surface area contributed by atoms with Crippen LogP contribution in [0.1, 0.15) is 25.5 Å². The van der Waals surface area contributed by atoms with Crippen molar-refractivity contribution in [3.63, 3.8) is 0 Å². The van der Waals surface area contributed by atoms with E-state index < -0.39 is 18.0 Å². The number of primary amides is 1. The summed E-state index contributed by atoms with van der Waals surface area (Å²) in [5.41, 5.74) is 5.88. The Labute approximate surface area is 99.6 Å². The van der Waals surface area contributed by atoms with Crippen LogP contribution >= 0.6 is 0 Å². The lowest BCUT2D eigenvalue weighted by molar-refractivity contribution is -0.121. The SMILES string of the molecule is CC(N[C@@H](C)c1ccncc1)C(=O)NC(N)=O. The Bertz CT molecular complexity index is 394. The molecule has 0 aliphatic carbocycles. The van der Waals surface area contributed by atoms with Gasteiger partial charge < -0.3 is 5.73 Å². The number of carbonyl (C=O) groups excluding carboxylic acids is 2. The maximum absolute atomic E-state index is 11.4. The van der Waals surface area contributed by atoms with E-state index in [-0.39, 0.29) is 6.04 Å². The lowest BCUT2D eigenvalue weighted by Crippen LogP contribution is -2.47. The van der Waals surface area contributed by atoms with Gasteiger partial charge in [-0.05, 0) is 31.5 Å². The zero-order valence-electron chi connectivity index (χ0n) is 9.81. The Morgan fingerprint density at radius 1 is 1.29 bits per heavy atom. The van der Waals surface area contributed by atoms with E-state index in [4.69, 9.17) is 5.73 Å². The van der Waals surface area contributed by atoms with E-state index in [1.165, 1.54) is 0 Å². The quantitative estimate of drug-likeness (QED) is 0.701. The molecule has 2 atom stereocenters. The minimum Gasteiger partial charge on any atom is -0.351 e. The Hall–Kier alpha value is -1.95. The van der Waals surface area contributed by atoms with Crippen molar-refractivity contribution in [3.05, 3.63) is 30.1 Å². The van der Waals surface area contributed by atoms with Gasteiger partial charge in [-0.1, -0.05) is 0 Å². The lowest BCUT2D eigenvalue weighted by Gasteiger charge is -2.19. The molecule has 1 aromatic rings. The van der Waals surface area contributed by atoms with Crippen molar-refractivity contribution >= 4 is 11.9 Å². The maximum atomic E-state index is 11.4. The van der Waals surface area contributed by atoms with Crippen molar-refractivity contribution in [2.45, 2.75) is 25.9 Å². The van der Waals surface area contributed by atoms with Crippen LogP contribution in [0.15, 0.2) is 24.5 Å². The Kier molecular flexibility index (Phi) is 4.59. The van der Waals surface area contributed by atoms with E-state index in [2.05, 4.69) is 10.3 Å². The molecule has 1 rings (SSSR count). The molecule has 1 unspecified atom stereocenters. The monoisotopic (exact) mass is 236 g/mol. The van der Waals surface area contributed by atoms with Crippen LogP contribution in [0.3, 0.4) is 0 Å². The van der Waals surface area contributed by atoms with Crippen LogP contribution in [0, 0.1) is 0 Å². The number of pyridine rings is 1. The second-order valence-electron chi connectivity index (χ2n) is 3.74. The molecule has 0 aliphatic heterocycles. The second-order valence-corrected chi connectivity index (χ2v) is 3.74.